The lowest BCUT2D eigenvalue weighted by atomic mass is 9.74. The van der Waals surface area contributed by atoms with E-state index in [9.17, 15) is 9.59 Å². The second kappa shape index (κ2) is 7.37. The van der Waals surface area contributed by atoms with E-state index in [1.807, 2.05) is 24.1 Å². The molecular formula is C21H27N5O2. The molecule has 1 N–H and O–H groups in total. The Balaban J connectivity index is 1.47. The van der Waals surface area contributed by atoms with Gasteiger partial charge >= 0.3 is 0 Å². The molecule has 3 heterocycles. The quantitative estimate of drug-likeness (QED) is 0.883. The van der Waals surface area contributed by atoms with Gasteiger partial charge in [-0.1, -0.05) is 32.3 Å². The molecule has 2 aromatic rings. The van der Waals surface area contributed by atoms with Crippen LogP contribution in [0.5, 0.6) is 0 Å². The molecule has 0 bridgehead atoms. The number of amides is 2. The number of pyridine rings is 1. The maximum Gasteiger partial charge on any atom is 0.272 e. The van der Waals surface area contributed by atoms with Crippen molar-refractivity contribution < 1.29 is 9.59 Å². The summed E-state index contributed by atoms with van der Waals surface area (Å²) in [5, 5.41) is 7.33. The van der Waals surface area contributed by atoms with Crippen molar-refractivity contribution in [2.24, 2.45) is 12.5 Å². The van der Waals surface area contributed by atoms with Gasteiger partial charge in [-0.05, 0) is 24.5 Å². The van der Waals surface area contributed by atoms with Gasteiger partial charge in [0.15, 0.2) is 5.69 Å². The molecule has 0 unspecified atom stereocenters. The molecule has 2 amide bonds. The first-order valence-electron chi connectivity index (χ1n) is 9.99. The standard InChI is InChI=1S/C21H27N5O2/c1-21(8-4-3-5-9-21)20(28)26-13-16-17(14-26)25(2)24-18(16)19(27)23-12-15-7-6-10-22-11-15/h6-7,10-11H,3-5,8-9,12-14H2,1-2H3,(H,23,27). The predicted molar refractivity (Wildman–Crippen MR) is 104 cm³/mol. The van der Waals surface area contributed by atoms with E-state index >= 15 is 0 Å². The topological polar surface area (TPSA) is 80.1 Å². The number of carbonyl (C=O) groups is 2. The number of nitrogens with zero attached hydrogens (tertiary/aromatic N) is 4. The molecule has 1 aliphatic heterocycles. The fourth-order valence-electron chi connectivity index (χ4n) is 4.42. The highest BCUT2D eigenvalue weighted by molar-refractivity contribution is 5.94. The van der Waals surface area contributed by atoms with Crippen molar-refractivity contribution in [3.8, 4) is 0 Å². The third kappa shape index (κ3) is 3.41. The summed E-state index contributed by atoms with van der Waals surface area (Å²) in [6.07, 6.45) is 8.79. The second-order valence-electron chi connectivity index (χ2n) is 8.22. The number of fused-ring (bicyclic) bond motifs is 1. The summed E-state index contributed by atoms with van der Waals surface area (Å²) in [7, 11) is 1.84. The van der Waals surface area contributed by atoms with Gasteiger partial charge in [-0.25, -0.2) is 0 Å². The van der Waals surface area contributed by atoms with Gasteiger partial charge in [-0.2, -0.15) is 5.10 Å². The van der Waals surface area contributed by atoms with Crippen LogP contribution in [-0.4, -0.2) is 31.5 Å². The van der Waals surface area contributed by atoms with Crippen LogP contribution in [0.2, 0.25) is 0 Å². The molecule has 0 radical (unpaired) electrons. The molecule has 0 spiro atoms. The van der Waals surface area contributed by atoms with E-state index in [2.05, 4.69) is 22.3 Å². The van der Waals surface area contributed by atoms with Crippen LogP contribution in [0.4, 0.5) is 0 Å². The summed E-state index contributed by atoms with van der Waals surface area (Å²) >= 11 is 0. The third-order valence-electron chi connectivity index (χ3n) is 6.12. The van der Waals surface area contributed by atoms with E-state index in [1.165, 1.54) is 6.42 Å². The largest absolute Gasteiger partial charge is 0.346 e. The first-order chi connectivity index (χ1) is 13.5. The highest BCUT2D eigenvalue weighted by Gasteiger charge is 2.41. The molecule has 28 heavy (non-hydrogen) atoms. The smallest absolute Gasteiger partial charge is 0.272 e. The van der Waals surface area contributed by atoms with E-state index in [4.69, 9.17) is 0 Å². The summed E-state index contributed by atoms with van der Waals surface area (Å²) in [6, 6.07) is 3.76. The summed E-state index contributed by atoms with van der Waals surface area (Å²) in [6.45, 7) is 3.49. The lowest BCUT2D eigenvalue weighted by Gasteiger charge is -2.35. The molecule has 0 saturated heterocycles. The van der Waals surface area contributed by atoms with Crippen molar-refractivity contribution in [1.82, 2.24) is 25.0 Å². The van der Waals surface area contributed by atoms with Crippen molar-refractivity contribution in [1.29, 1.82) is 0 Å². The number of nitrogens with one attached hydrogen (secondary N) is 1. The molecule has 0 atom stereocenters. The first-order valence-corrected chi connectivity index (χ1v) is 9.99. The molecule has 7 heteroatoms. The molecule has 1 saturated carbocycles. The van der Waals surface area contributed by atoms with Crippen molar-refractivity contribution in [2.45, 2.75) is 58.7 Å². The van der Waals surface area contributed by atoms with Gasteiger partial charge in [0, 0.05) is 37.0 Å². The molecule has 4 rings (SSSR count). The Bertz CT molecular complexity index is 884. The summed E-state index contributed by atoms with van der Waals surface area (Å²) in [4.78, 5) is 31.9. The molecular weight excluding hydrogens is 354 g/mol. The van der Waals surface area contributed by atoms with Gasteiger partial charge in [-0.3, -0.25) is 19.3 Å². The Morgan fingerprint density at radius 2 is 2.00 bits per heavy atom. The Hall–Kier alpha value is -2.70. The van der Waals surface area contributed by atoms with Crippen molar-refractivity contribution >= 4 is 11.8 Å². The Labute approximate surface area is 165 Å². The number of hydrogen-bond donors (Lipinski definition) is 1. The van der Waals surface area contributed by atoms with Gasteiger partial charge in [0.25, 0.3) is 5.91 Å². The van der Waals surface area contributed by atoms with Crippen LogP contribution >= 0.6 is 0 Å². The highest BCUT2D eigenvalue weighted by atomic mass is 16.2. The monoisotopic (exact) mass is 381 g/mol. The highest BCUT2D eigenvalue weighted by Crippen LogP contribution is 2.39. The number of hydrogen-bond acceptors (Lipinski definition) is 4. The van der Waals surface area contributed by atoms with Gasteiger partial charge in [-0.15, -0.1) is 0 Å². The maximum atomic E-state index is 13.2. The minimum Gasteiger partial charge on any atom is -0.346 e. The molecule has 1 aliphatic carbocycles. The Kier molecular flexibility index (Phi) is 4.91. The lowest BCUT2D eigenvalue weighted by molar-refractivity contribution is -0.143. The van der Waals surface area contributed by atoms with Crippen LogP contribution in [0, 0.1) is 5.41 Å². The van der Waals surface area contributed by atoms with E-state index in [1.54, 1.807) is 17.1 Å². The lowest BCUT2D eigenvalue weighted by Crippen LogP contribution is -2.41. The van der Waals surface area contributed by atoms with Gasteiger partial charge in [0.2, 0.25) is 5.91 Å². The molecule has 1 fully saturated rings. The average Bonchev–Trinajstić information content (AvgIpc) is 3.27. The number of rotatable bonds is 4. The minimum absolute atomic E-state index is 0.209. The minimum atomic E-state index is -0.267. The Morgan fingerprint density at radius 1 is 1.21 bits per heavy atom. The van der Waals surface area contributed by atoms with Gasteiger partial charge in [0.1, 0.15) is 0 Å². The first kappa shape index (κ1) is 18.7. The van der Waals surface area contributed by atoms with Crippen LogP contribution in [0.3, 0.4) is 0 Å². The second-order valence-corrected chi connectivity index (χ2v) is 8.22. The van der Waals surface area contributed by atoms with Crippen LogP contribution in [0.1, 0.15) is 66.3 Å². The van der Waals surface area contributed by atoms with Crippen LogP contribution < -0.4 is 5.32 Å². The normalized spacial score (nSPS) is 18.0. The summed E-state index contributed by atoms with van der Waals surface area (Å²) in [5.41, 5.74) is 2.92. The molecule has 7 nitrogen and oxygen atoms in total. The van der Waals surface area contributed by atoms with Crippen LogP contribution in [-0.2, 0) is 31.5 Å². The third-order valence-corrected chi connectivity index (χ3v) is 6.12. The molecule has 2 aliphatic rings. The van der Waals surface area contributed by atoms with Gasteiger partial charge in [0.05, 0.1) is 18.8 Å². The average molecular weight is 381 g/mol. The summed E-state index contributed by atoms with van der Waals surface area (Å²) in [5.74, 6) is 0.00370. The van der Waals surface area contributed by atoms with E-state index in [-0.39, 0.29) is 17.2 Å². The molecule has 148 valence electrons. The van der Waals surface area contributed by atoms with Crippen LogP contribution in [0.15, 0.2) is 24.5 Å². The van der Waals surface area contributed by atoms with Crippen molar-refractivity contribution in [3.05, 3.63) is 47.0 Å². The van der Waals surface area contributed by atoms with E-state index < -0.39 is 0 Å². The number of carbonyl (C=O) groups excluding carboxylic acids is 2. The zero-order valence-corrected chi connectivity index (χ0v) is 16.6. The van der Waals surface area contributed by atoms with E-state index in [0.29, 0.717) is 25.3 Å². The summed E-state index contributed by atoms with van der Waals surface area (Å²) < 4.78 is 1.74. The maximum absolute atomic E-state index is 13.2. The zero-order valence-electron chi connectivity index (χ0n) is 16.6. The fraction of sp³-hybridized carbons (Fsp3) is 0.524. The fourth-order valence-corrected chi connectivity index (χ4v) is 4.42. The van der Waals surface area contributed by atoms with E-state index in [0.717, 1.165) is 42.5 Å². The molecule has 0 aromatic carbocycles. The van der Waals surface area contributed by atoms with Gasteiger partial charge < -0.3 is 10.2 Å². The number of aryl methyl sites for hydroxylation is 1. The molecule has 2 aromatic heterocycles. The zero-order chi connectivity index (χ0) is 19.7. The van der Waals surface area contributed by atoms with Crippen molar-refractivity contribution in [2.75, 3.05) is 0 Å². The van der Waals surface area contributed by atoms with Crippen LogP contribution in [0.25, 0.3) is 0 Å². The number of aromatic nitrogens is 3. The van der Waals surface area contributed by atoms with Crippen molar-refractivity contribution in [3.63, 3.8) is 0 Å². The predicted octanol–water partition coefficient (Wildman–Crippen LogP) is 2.56. The SMILES string of the molecule is Cn1nc(C(=O)NCc2cccnc2)c2c1CN(C(=O)C1(C)CCCCC1)C2. The Morgan fingerprint density at radius 3 is 2.71 bits per heavy atom.